The molecule has 0 bridgehead atoms. The molecule has 0 amide bonds. The van der Waals surface area contributed by atoms with Crippen molar-refractivity contribution < 1.29 is 0 Å². The Hall–Kier alpha value is -10.2. The van der Waals surface area contributed by atoms with Gasteiger partial charge in [-0.3, -0.25) is 0 Å². The van der Waals surface area contributed by atoms with Crippen LogP contribution in [-0.2, 0) is 0 Å². The zero-order valence-corrected chi connectivity index (χ0v) is 41.5. The van der Waals surface area contributed by atoms with Crippen LogP contribution in [0, 0.1) is 0 Å². The van der Waals surface area contributed by atoms with Gasteiger partial charge in [0, 0.05) is 66.4 Å². The van der Waals surface area contributed by atoms with Gasteiger partial charge in [-0.05, 0) is 161 Å². The van der Waals surface area contributed by atoms with E-state index in [0.717, 1.165) is 67.5 Å². The molecule has 0 radical (unpaired) electrons. The van der Waals surface area contributed by atoms with Gasteiger partial charge >= 0.3 is 0 Å². The van der Waals surface area contributed by atoms with Gasteiger partial charge in [0.2, 0.25) is 0 Å². The van der Waals surface area contributed by atoms with Gasteiger partial charge in [-0.15, -0.1) is 0 Å². The fraction of sp³-hybridized carbons (Fsp3) is 0. The fourth-order valence-corrected chi connectivity index (χ4v) is 11.9. The molecular formula is C72H48N4. The van der Waals surface area contributed by atoms with Crippen molar-refractivity contribution in [3.8, 4) is 50.4 Å². The molecule has 0 saturated heterocycles. The van der Waals surface area contributed by atoms with E-state index in [2.05, 4.69) is 310 Å². The van der Waals surface area contributed by atoms with Crippen LogP contribution in [0.5, 0.6) is 0 Å². The van der Waals surface area contributed by atoms with Crippen LogP contribution in [0.2, 0.25) is 0 Å². The lowest BCUT2D eigenvalue weighted by Crippen LogP contribution is -2.09. The van der Waals surface area contributed by atoms with Crippen LogP contribution in [-0.4, -0.2) is 13.7 Å². The van der Waals surface area contributed by atoms with Crippen molar-refractivity contribution in [3.63, 3.8) is 0 Å². The number of benzene rings is 12. The Labute approximate surface area is 440 Å². The summed E-state index contributed by atoms with van der Waals surface area (Å²) in [7, 11) is 0. The van der Waals surface area contributed by atoms with Gasteiger partial charge in [0.05, 0.1) is 33.1 Å². The van der Waals surface area contributed by atoms with E-state index in [9.17, 15) is 0 Å². The van der Waals surface area contributed by atoms with Gasteiger partial charge in [-0.25, -0.2) is 0 Å². The minimum Gasteiger partial charge on any atom is -0.311 e. The highest BCUT2D eigenvalue weighted by Crippen LogP contribution is 2.42. The highest BCUT2D eigenvalue weighted by atomic mass is 15.1. The largest absolute Gasteiger partial charge is 0.311 e. The van der Waals surface area contributed by atoms with Gasteiger partial charge in [0.25, 0.3) is 0 Å². The molecule has 15 rings (SSSR count). The first-order valence-corrected chi connectivity index (χ1v) is 26.1. The number of rotatable bonds is 9. The first kappa shape index (κ1) is 43.4. The second kappa shape index (κ2) is 17.8. The summed E-state index contributed by atoms with van der Waals surface area (Å²) >= 11 is 0. The summed E-state index contributed by atoms with van der Waals surface area (Å²) in [6, 6.07) is 106. The van der Waals surface area contributed by atoms with Crippen molar-refractivity contribution in [2.45, 2.75) is 0 Å². The van der Waals surface area contributed by atoms with Crippen molar-refractivity contribution >= 4 is 82.5 Å². The van der Waals surface area contributed by atoms with Crippen LogP contribution >= 0.6 is 0 Å². The van der Waals surface area contributed by atoms with Crippen molar-refractivity contribution in [2.75, 3.05) is 4.90 Å². The molecular weight excluding hydrogens is 921 g/mol. The Morgan fingerprint density at radius 1 is 0.184 bits per heavy atom. The maximum atomic E-state index is 2.44. The summed E-state index contributed by atoms with van der Waals surface area (Å²) in [6.07, 6.45) is 0. The number of hydrogen-bond acceptors (Lipinski definition) is 1. The van der Waals surface area contributed by atoms with Crippen molar-refractivity contribution in [2.24, 2.45) is 0 Å². The van der Waals surface area contributed by atoms with Crippen molar-refractivity contribution in [3.05, 3.63) is 291 Å². The molecule has 0 N–H and O–H groups in total. The fourth-order valence-electron chi connectivity index (χ4n) is 11.9. The van der Waals surface area contributed by atoms with E-state index in [1.807, 2.05) is 0 Å². The predicted molar refractivity (Wildman–Crippen MR) is 320 cm³/mol. The Bertz CT molecular complexity index is 4620. The maximum Gasteiger partial charge on any atom is 0.0561 e. The van der Waals surface area contributed by atoms with Gasteiger partial charge < -0.3 is 18.6 Å². The lowest BCUT2D eigenvalue weighted by Gasteiger charge is -2.25. The Morgan fingerprint density at radius 3 is 1.08 bits per heavy atom. The van der Waals surface area contributed by atoms with E-state index < -0.39 is 0 Å². The molecule has 0 fully saturated rings. The van der Waals surface area contributed by atoms with Crippen LogP contribution in [0.15, 0.2) is 291 Å². The molecule has 0 aliphatic heterocycles. The topological polar surface area (TPSA) is 18.0 Å². The second-order valence-corrected chi connectivity index (χ2v) is 19.7. The van der Waals surface area contributed by atoms with Crippen LogP contribution in [0.4, 0.5) is 17.1 Å². The van der Waals surface area contributed by atoms with E-state index in [1.165, 1.54) is 65.4 Å². The highest BCUT2D eigenvalue weighted by molar-refractivity contribution is 6.13. The molecule has 15 aromatic rings. The monoisotopic (exact) mass is 968 g/mol. The molecule has 3 aromatic heterocycles. The molecule has 0 saturated carbocycles. The quantitative estimate of drug-likeness (QED) is 0.141. The lowest BCUT2D eigenvalue weighted by molar-refractivity contribution is 1.15. The average Bonchev–Trinajstić information content (AvgIpc) is 4.22. The molecule has 0 aliphatic carbocycles. The molecule has 76 heavy (non-hydrogen) atoms. The summed E-state index contributed by atoms with van der Waals surface area (Å²) < 4.78 is 7.25. The third-order valence-electron chi connectivity index (χ3n) is 15.4. The molecule has 4 heteroatoms. The summed E-state index contributed by atoms with van der Waals surface area (Å²) in [4.78, 5) is 2.32. The Kier molecular flexibility index (Phi) is 10.2. The Balaban J connectivity index is 0.908. The Morgan fingerprint density at radius 2 is 0.539 bits per heavy atom. The number of fused-ring (bicyclic) bond motifs is 9. The van der Waals surface area contributed by atoms with Crippen molar-refractivity contribution in [1.82, 2.24) is 13.7 Å². The van der Waals surface area contributed by atoms with E-state index in [4.69, 9.17) is 0 Å². The zero-order valence-electron chi connectivity index (χ0n) is 41.5. The molecule has 3 heterocycles. The SMILES string of the molecule is c1ccc(N(c2ccccc2)c2ccc(-c3cc(-c4ccc5c(c4)c4ccccc4n5-c4ccc5c6ccccc6n(-c6ccccc6)c5c4)cc(-c4ccc5c6ccccc6n(-c6ccccc6)c5c4)c3)cc2)cc1. The molecule has 0 atom stereocenters. The first-order chi connectivity index (χ1) is 37.7. The van der Waals surface area contributed by atoms with E-state index in [-0.39, 0.29) is 0 Å². The third-order valence-corrected chi connectivity index (χ3v) is 15.4. The molecule has 12 aromatic carbocycles. The molecule has 0 spiro atoms. The van der Waals surface area contributed by atoms with E-state index in [1.54, 1.807) is 0 Å². The van der Waals surface area contributed by atoms with E-state index in [0.29, 0.717) is 0 Å². The number of nitrogens with zero attached hydrogens (tertiary/aromatic N) is 4. The van der Waals surface area contributed by atoms with Crippen LogP contribution in [0.25, 0.3) is 116 Å². The minimum atomic E-state index is 1.10. The van der Waals surface area contributed by atoms with Crippen LogP contribution in [0.1, 0.15) is 0 Å². The van der Waals surface area contributed by atoms with Crippen LogP contribution in [0.3, 0.4) is 0 Å². The smallest absolute Gasteiger partial charge is 0.0561 e. The molecule has 0 aliphatic rings. The summed E-state index contributed by atoms with van der Waals surface area (Å²) in [5.41, 5.74) is 20.8. The van der Waals surface area contributed by atoms with Crippen LogP contribution < -0.4 is 4.90 Å². The molecule has 4 nitrogen and oxygen atoms in total. The lowest BCUT2D eigenvalue weighted by atomic mass is 9.92. The van der Waals surface area contributed by atoms with Gasteiger partial charge in [-0.2, -0.15) is 0 Å². The summed E-state index contributed by atoms with van der Waals surface area (Å²) in [5, 5.41) is 7.39. The normalized spacial score (nSPS) is 11.7. The zero-order chi connectivity index (χ0) is 50.1. The number of aromatic nitrogens is 3. The summed E-state index contributed by atoms with van der Waals surface area (Å²) in [5.74, 6) is 0. The third kappa shape index (κ3) is 7.14. The van der Waals surface area contributed by atoms with Crippen molar-refractivity contribution in [1.29, 1.82) is 0 Å². The highest BCUT2D eigenvalue weighted by Gasteiger charge is 2.20. The average molecular weight is 969 g/mol. The van der Waals surface area contributed by atoms with E-state index >= 15 is 0 Å². The predicted octanol–water partition coefficient (Wildman–Crippen LogP) is 19.4. The number of anilines is 3. The molecule has 0 unspecified atom stereocenters. The summed E-state index contributed by atoms with van der Waals surface area (Å²) in [6.45, 7) is 0. The minimum absolute atomic E-state index is 1.10. The second-order valence-electron chi connectivity index (χ2n) is 19.7. The number of para-hydroxylation sites is 7. The maximum absolute atomic E-state index is 2.44. The first-order valence-electron chi connectivity index (χ1n) is 26.1. The van der Waals surface area contributed by atoms with Gasteiger partial charge in [-0.1, -0.05) is 164 Å². The standard InChI is InChI=1S/C72H48N4/c1-5-19-55(20-6-1)73(56-21-7-2-8-22-56)59-37-33-49(34-38-59)52-43-53(45-54(44-52)51-35-40-64-61-27-13-16-30-67(61)74(71(64)47-51)57-23-9-3-10-24-57)50-36-42-70-66(46-50)63-29-15-18-32-69(63)76(70)60-39-41-65-62-28-14-17-31-68(62)75(72(65)48-60)58-25-11-4-12-26-58/h1-48H. The van der Waals surface area contributed by atoms with Gasteiger partial charge in [0.1, 0.15) is 0 Å². The molecule has 356 valence electrons. The number of hydrogen-bond donors (Lipinski definition) is 0. The van der Waals surface area contributed by atoms with Gasteiger partial charge in [0.15, 0.2) is 0 Å².